The van der Waals surface area contributed by atoms with Crippen LogP contribution < -0.4 is 0 Å². The third kappa shape index (κ3) is 3.35. The number of benzene rings is 4. The fraction of sp³-hybridized carbons (Fsp3) is 0. The van der Waals surface area contributed by atoms with Crippen LogP contribution in [0.4, 0.5) is 0 Å². The lowest BCUT2D eigenvalue weighted by Crippen LogP contribution is -1.99. The minimum absolute atomic E-state index is 0.151. The quantitative estimate of drug-likeness (QED) is 0.188. The molecule has 0 saturated carbocycles. The molecule has 0 fully saturated rings. The van der Waals surface area contributed by atoms with Gasteiger partial charge in [-0.1, -0.05) is 78.9 Å². The molecule has 0 spiro atoms. The van der Waals surface area contributed by atoms with Gasteiger partial charge in [-0.25, -0.2) is 0 Å². The van der Waals surface area contributed by atoms with Crippen LogP contribution in [-0.2, 0) is 0 Å². The number of hydrogen-bond donors (Lipinski definition) is 0. The van der Waals surface area contributed by atoms with Gasteiger partial charge in [-0.2, -0.15) is 0 Å². The first kappa shape index (κ1) is 20.8. The highest BCUT2D eigenvalue weighted by molar-refractivity contribution is 7.22. The van der Waals surface area contributed by atoms with Crippen molar-refractivity contribution in [1.29, 1.82) is 0 Å². The lowest BCUT2D eigenvalue weighted by atomic mass is 10.0. The summed E-state index contributed by atoms with van der Waals surface area (Å²) in [5, 5.41) is 1.89. The predicted octanol–water partition coefficient (Wildman–Crippen LogP) is 8.44. The van der Waals surface area contributed by atoms with Crippen LogP contribution in [0, 0.1) is 0 Å². The molecule has 6 aromatic rings. The number of carbonyl (C=O) groups excluding carboxylic acids is 2. The molecule has 4 heteroatoms. The third-order valence-corrected chi connectivity index (χ3v) is 7.77. The van der Waals surface area contributed by atoms with E-state index in [1.54, 1.807) is 17.4 Å². The number of furan rings is 1. The van der Waals surface area contributed by atoms with E-state index in [1.807, 2.05) is 66.7 Å². The van der Waals surface area contributed by atoms with E-state index in [-0.39, 0.29) is 17.1 Å². The highest BCUT2D eigenvalue weighted by Gasteiger charge is 2.33. The average molecular weight is 483 g/mol. The Labute approximate surface area is 210 Å². The van der Waals surface area contributed by atoms with E-state index < -0.39 is 0 Å². The average Bonchev–Trinajstić information content (AvgIpc) is 3.56. The van der Waals surface area contributed by atoms with Gasteiger partial charge in [0, 0.05) is 28.1 Å². The highest BCUT2D eigenvalue weighted by Crippen LogP contribution is 2.38. The Morgan fingerprint density at radius 3 is 1.83 bits per heavy atom. The Balaban J connectivity index is 1.19. The smallest absolute Gasteiger partial charge is 0.197 e. The summed E-state index contributed by atoms with van der Waals surface area (Å²) in [5.74, 6) is 0.00990. The van der Waals surface area contributed by atoms with Crippen LogP contribution in [0.2, 0.25) is 0 Å². The first-order valence-corrected chi connectivity index (χ1v) is 12.5. The minimum Gasteiger partial charge on any atom is -0.456 e. The van der Waals surface area contributed by atoms with Crippen molar-refractivity contribution in [1.82, 2.24) is 0 Å². The number of thiophene rings is 1. The molecule has 0 aliphatic heterocycles. The number of hydrogen-bond acceptors (Lipinski definition) is 4. The maximum absolute atomic E-state index is 13.0. The van der Waals surface area contributed by atoms with E-state index >= 15 is 0 Å². The second-order valence-electron chi connectivity index (χ2n) is 8.89. The van der Waals surface area contributed by atoms with Crippen LogP contribution in [-0.4, -0.2) is 11.6 Å². The molecule has 0 unspecified atom stereocenters. The van der Waals surface area contributed by atoms with Gasteiger partial charge in [-0.15, -0.1) is 11.3 Å². The van der Waals surface area contributed by atoms with Crippen molar-refractivity contribution in [2.24, 2.45) is 0 Å². The first-order chi connectivity index (χ1) is 17.6. The molecule has 2 heterocycles. The van der Waals surface area contributed by atoms with Gasteiger partial charge in [-0.05, 0) is 45.7 Å². The van der Waals surface area contributed by atoms with E-state index in [4.69, 9.17) is 4.42 Å². The van der Waals surface area contributed by atoms with E-state index in [0.29, 0.717) is 16.9 Å². The molecule has 170 valence electrons. The second-order valence-corrected chi connectivity index (χ2v) is 9.98. The molecule has 1 aliphatic rings. The van der Waals surface area contributed by atoms with Crippen molar-refractivity contribution in [3.8, 4) is 21.6 Å². The largest absolute Gasteiger partial charge is 0.456 e. The zero-order valence-corrected chi connectivity index (χ0v) is 19.8. The Kier molecular flexibility index (Phi) is 4.63. The molecule has 1 aliphatic carbocycles. The van der Waals surface area contributed by atoms with Crippen LogP contribution in [0.1, 0.15) is 26.5 Å². The van der Waals surface area contributed by atoms with Crippen LogP contribution in [0.15, 0.2) is 113 Å². The SMILES string of the molecule is O=C1C(=Cc2cc3sc(-c4ccc(-c5ccccc5)cc4)cc3o2)C(=O)c2cc3ccccc3cc21. The zero-order chi connectivity index (χ0) is 24.2. The Hall–Kier alpha value is -4.54. The predicted molar refractivity (Wildman–Crippen MR) is 146 cm³/mol. The van der Waals surface area contributed by atoms with Gasteiger partial charge in [0.1, 0.15) is 11.3 Å². The summed E-state index contributed by atoms with van der Waals surface area (Å²) < 4.78 is 7.00. The van der Waals surface area contributed by atoms with Gasteiger partial charge in [0.05, 0.1) is 10.3 Å². The van der Waals surface area contributed by atoms with Gasteiger partial charge in [-0.3, -0.25) is 9.59 Å². The summed E-state index contributed by atoms with van der Waals surface area (Å²) in [6, 6.07) is 34.1. The molecule has 0 N–H and O–H groups in total. The minimum atomic E-state index is -0.250. The van der Waals surface area contributed by atoms with E-state index in [1.165, 1.54) is 11.1 Å². The first-order valence-electron chi connectivity index (χ1n) is 11.7. The maximum atomic E-state index is 13.0. The van der Waals surface area contributed by atoms with Crippen molar-refractivity contribution < 1.29 is 14.0 Å². The number of allylic oxidation sites excluding steroid dienone is 1. The van der Waals surface area contributed by atoms with Crippen LogP contribution in [0.25, 0.3) is 48.7 Å². The fourth-order valence-corrected chi connectivity index (χ4v) is 5.84. The number of Topliss-reactive ketones (excluding diaryl/α,β-unsaturated/α-hetero) is 2. The fourth-order valence-electron chi connectivity index (χ4n) is 4.81. The van der Waals surface area contributed by atoms with E-state index in [2.05, 4.69) is 36.4 Å². The lowest BCUT2D eigenvalue weighted by molar-refractivity contribution is 0.0990. The van der Waals surface area contributed by atoms with E-state index in [9.17, 15) is 9.59 Å². The summed E-state index contributed by atoms with van der Waals surface area (Å²) in [6.45, 7) is 0. The lowest BCUT2D eigenvalue weighted by Gasteiger charge is -2.03. The molecule has 3 nitrogen and oxygen atoms in total. The number of carbonyl (C=O) groups is 2. The second kappa shape index (κ2) is 8.01. The van der Waals surface area contributed by atoms with Crippen molar-refractivity contribution in [2.75, 3.05) is 0 Å². The van der Waals surface area contributed by atoms with Gasteiger partial charge in [0.2, 0.25) is 0 Å². The molecule has 0 atom stereocenters. The molecule has 4 aromatic carbocycles. The topological polar surface area (TPSA) is 47.3 Å². The third-order valence-electron chi connectivity index (χ3n) is 6.65. The molecule has 7 rings (SSSR count). The molecule has 36 heavy (non-hydrogen) atoms. The molecule has 0 bridgehead atoms. The van der Waals surface area contributed by atoms with Crippen LogP contribution in [0.3, 0.4) is 0 Å². The number of ketones is 2. The zero-order valence-electron chi connectivity index (χ0n) is 19.0. The number of fused-ring (bicyclic) bond motifs is 3. The maximum Gasteiger partial charge on any atom is 0.197 e. The van der Waals surface area contributed by atoms with Gasteiger partial charge in [0.15, 0.2) is 11.6 Å². The van der Waals surface area contributed by atoms with Crippen LogP contribution in [0.5, 0.6) is 0 Å². The van der Waals surface area contributed by atoms with Gasteiger partial charge >= 0.3 is 0 Å². The van der Waals surface area contributed by atoms with Crippen molar-refractivity contribution in [2.45, 2.75) is 0 Å². The Morgan fingerprint density at radius 2 is 1.19 bits per heavy atom. The van der Waals surface area contributed by atoms with Crippen molar-refractivity contribution in [3.63, 3.8) is 0 Å². The summed E-state index contributed by atoms with van der Waals surface area (Å²) in [4.78, 5) is 27.2. The standard InChI is InChI=1S/C32H18O3S/c33-31-25-14-22-8-4-5-9-23(22)15-26(25)32(34)27(31)16-24-17-30-28(35-24)18-29(36-30)21-12-10-20(11-13-21)19-6-2-1-3-7-19/h1-18H. The summed E-state index contributed by atoms with van der Waals surface area (Å²) in [6.07, 6.45) is 1.58. The summed E-state index contributed by atoms with van der Waals surface area (Å²) >= 11 is 1.63. The normalized spacial score (nSPS) is 13.1. The molecule has 0 radical (unpaired) electrons. The van der Waals surface area contributed by atoms with Crippen LogP contribution >= 0.6 is 11.3 Å². The summed E-state index contributed by atoms with van der Waals surface area (Å²) in [7, 11) is 0. The summed E-state index contributed by atoms with van der Waals surface area (Å²) in [5.41, 5.74) is 5.29. The monoisotopic (exact) mass is 482 g/mol. The molecule has 2 aromatic heterocycles. The van der Waals surface area contributed by atoms with Crippen molar-refractivity contribution >= 4 is 50.0 Å². The van der Waals surface area contributed by atoms with Gasteiger partial charge in [0.25, 0.3) is 0 Å². The molecule has 0 saturated heterocycles. The number of rotatable bonds is 3. The van der Waals surface area contributed by atoms with Gasteiger partial charge < -0.3 is 4.42 Å². The molecule has 0 amide bonds. The van der Waals surface area contributed by atoms with Crippen molar-refractivity contribution in [3.05, 3.63) is 126 Å². The highest BCUT2D eigenvalue weighted by atomic mass is 32.1. The molecular weight excluding hydrogens is 464 g/mol. The Bertz CT molecular complexity index is 1760. The molecular formula is C32H18O3S. The van der Waals surface area contributed by atoms with E-state index in [0.717, 1.165) is 31.5 Å². The Morgan fingerprint density at radius 1 is 0.611 bits per heavy atom.